The lowest BCUT2D eigenvalue weighted by molar-refractivity contribution is 0.214. The molecule has 0 aliphatic heterocycles. The molecule has 0 N–H and O–H groups in total. The van der Waals surface area contributed by atoms with Gasteiger partial charge in [-0.3, -0.25) is 4.90 Å². The van der Waals surface area contributed by atoms with Crippen molar-refractivity contribution in [2.75, 3.05) is 74.5 Å². The quantitative estimate of drug-likeness (QED) is 0.452. The molecule has 4 nitrogen and oxygen atoms in total. The smallest absolute Gasteiger partial charge is 0.0206 e. The average molecular weight is 342 g/mol. The van der Waals surface area contributed by atoms with Gasteiger partial charge in [0.1, 0.15) is 0 Å². The minimum Gasteiger partial charge on any atom is -0.308 e. The van der Waals surface area contributed by atoms with Crippen LogP contribution in [0.25, 0.3) is 0 Å². The van der Waals surface area contributed by atoms with E-state index in [4.69, 9.17) is 0 Å². The Morgan fingerprint density at radius 3 is 1.31 bits per heavy atom. The molecule has 5 heteroatoms. The maximum atomic E-state index is 2.54. The van der Waals surface area contributed by atoms with Crippen molar-refractivity contribution >= 4 is 22.9 Å². The van der Waals surface area contributed by atoms with Crippen LogP contribution in [0.4, 0.5) is 0 Å². The molecule has 0 bridgehead atoms. The van der Waals surface area contributed by atoms with E-state index in [9.17, 15) is 0 Å². The Morgan fingerprint density at radius 2 is 1.00 bits per heavy atom. The average Bonchev–Trinajstić information content (AvgIpc) is 2.15. The van der Waals surface area contributed by atoms with Gasteiger partial charge in [0, 0.05) is 62.1 Å². The first-order valence-corrected chi connectivity index (χ1v) is 6.77. The first-order valence-electron chi connectivity index (χ1n) is 5.80. The summed E-state index contributed by atoms with van der Waals surface area (Å²) in [6, 6.07) is 0. The van der Waals surface area contributed by atoms with Gasteiger partial charge in [0.15, 0.2) is 0 Å². The van der Waals surface area contributed by atoms with Crippen LogP contribution in [0.1, 0.15) is 0 Å². The van der Waals surface area contributed by atoms with E-state index < -0.39 is 0 Å². The molecular weight excluding hydrogens is 315 g/mol. The first-order chi connectivity index (χ1) is 7.41. The third-order valence-corrected chi connectivity index (χ3v) is 2.93. The fourth-order valence-electron chi connectivity index (χ4n) is 1.30. The fraction of sp³-hybridized carbons (Fsp3) is 1.00. The number of nitrogens with zero attached hydrogens (tertiary/aromatic N) is 4. The lowest BCUT2D eigenvalue weighted by Gasteiger charge is -2.26. The van der Waals surface area contributed by atoms with Crippen LogP contribution in [0.2, 0.25) is 0 Å². The predicted molar refractivity (Wildman–Crippen MR) is 80.2 cm³/mol. The van der Waals surface area contributed by atoms with E-state index in [1.165, 1.54) is 0 Å². The zero-order valence-electron chi connectivity index (χ0n) is 11.4. The lowest BCUT2D eigenvalue weighted by atomic mass is 10.4. The Labute approximate surface area is 115 Å². The molecule has 0 aromatic carbocycles. The van der Waals surface area contributed by atoms with Gasteiger partial charge in [-0.1, -0.05) is 0 Å². The summed E-state index contributed by atoms with van der Waals surface area (Å²) in [6.07, 6.45) is 0. The molecule has 0 atom stereocenters. The summed E-state index contributed by atoms with van der Waals surface area (Å²) in [4.78, 5) is 7.03. The largest absolute Gasteiger partial charge is 0.308 e. The number of halogens is 1. The summed E-state index contributed by atoms with van der Waals surface area (Å²) in [5.41, 5.74) is 0. The van der Waals surface area contributed by atoms with Crippen molar-refractivity contribution < 1.29 is 0 Å². The van der Waals surface area contributed by atoms with E-state index in [0.29, 0.717) is 0 Å². The molecule has 0 spiro atoms. The van der Waals surface area contributed by atoms with Gasteiger partial charge in [0.2, 0.25) is 0 Å². The Morgan fingerprint density at radius 1 is 0.625 bits per heavy atom. The standard InChI is InChI=1S/C11H27IN4/c1-13(2)6-9-16(10-7-14(3)4)11-8-15(5)12/h6-11H2,1-5H3. The Kier molecular flexibility index (Phi) is 9.93. The highest BCUT2D eigenvalue weighted by Crippen LogP contribution is 1.96. The molecule has 0 unspecified atom stereocenters. The summed E-state index contributed by atoms with van der Waals surface area (Å²) in [7, 11) is 10.7. The molecule has 0 fully saturated rings. The zero-order chi connectivity index (χ0) is 12.6. The second-order valence-electron chi connectivity index (χ2n) is 4.78. The van der Waals surface area contributed by atoms with Crippen molar-refractivity contribution in [2.45, 2.75) is 0 Å². The molecule has 16 heavy (non-hydrogen) atoms. The molecule has 98 valence electrons. The van der Waals surface area contributed by atoms with Gasteiger partial charge >= 0.3 is 0 Å². The number of rotatable bonds is 9. The van der Waals surface area contributed by atoms with Crippen molar-refractivity contribution in [1.82, 2.24) is 17.8 Å². The van der Waals surface area contributed by atoms with Gasteiger partial charge in [0.25, 0.3) is 0 Å². The van der Waals surface area contributed by atoms with Crippen LogP contribution in [0.5, 0.6) is 0 Å². The van der Waals surface area contributed by atoms with E-state index >= 15 is 0 Å². The molecule has 0 amide bonds. The maximum Gasteiger partial charge on any atom is 0.0206 e. The van der Waals surface area contributed by atoms with E-state index in [1.807, 2.05) is 0 Å². The van der Waals surface area contributed by atoms with Gasteiger partial charge in [-0.25, -0.2) is 3.11 Å². The third-order valence-electron chi connectivity index (χ3n) is 2.45. The minimum absolute atomic E-state index is 1.13. The molecule has 0 heterocycles. The molecule has 0 aromatic rings. The minimum atomic E-state index is 1.13. The molecule has 0 radical (unpaired) electrons. The van der Waals surface area contributed by atoms with Crippen molar-refractivity contribution in [3.63, 3.8) is 0 Å². The molecule has 0 rings (SSSR count). The van der Waals surface area contributed by atoms with Crippen LogP contribution in [0.3, 0.4) is 0 Å². The van der Waals surface area contributed by atoms with Gasteiger partial charge in [-0.15, -0.1) is 0 Å². The van der Waals surface area contributed by atoms with Crippen molar-refractivity contribution in [2.24, 2.45) is 0 Å². The summed E-state index contributed by atoms with van der Waals surface area (Å²) in [5, 5.41) is 0. The molecule has 0 saturated heterocycles. The molecule has 0 aromatic heterocycles. The van der Waals surface area contributed by atoms with Crippen LogP contribution in [-0.4, -0.2) is 92.3 Å². The number of hydrogen-bond donors (Lipinski definition) is 0. The van der Waals surface area contributed by atoms with Crippen molar-refractivity contribution in [3.05, 3.63) is 0 Å². The highest BCUT2D eigenvalue weighted by Gasteiger charge is 2.06. The Hall–Kier alpha value is 0.570. The highest BCUT2D eigenvalue weighted by molar-refractivity contribution is 14.1. The Balaban J connectivity index is 3.85. The van der Waals surface area contributed by atoms with Crippen LogP contribution in [-0.2, 0) is 0 Å². The summed E-state index contributed by atoms with van der Waals surface area (Å²) in [5.74, 6) is 0. The predicted octanol–water partition coefficient (Wildman–Crippen LogP) is 0.693. The molecule has 0 aliphatic carbocycles. The van der Waals surface area contributed by atoms with E-state index in [-0.39, 0.29) is 0 Å². The lowest BCUT2D eigenvalue weighted by Crippen LogP contribution is -2.39. The van der Waals surface area contributed by atoms with Gasteiger partial charge < -0.3 is 9.80 Å². The second-order valence-corrected chi connectivity index (χ2v) is 6.42. The first kappa shape index (κ1) is 16.6. The van der Waals surface area contributed by atoms with Crippen molar-refractivity contribution in [3.8, 4) is 0 Å². The SMILES string of the molecule is CN(C)CCN(CCN(C)C)CCN(C)I. The van der Waals surface area contributed by atoms with Gasteiger partial charge in [-0.05, 0) is 35.2 Å². The highest BCUT2D eigenvalue weighted by atomic mass is 127. The van der Waals surface area contributed by atoms with Crippen LogP contribution in [0.15, 0.2) is 0 Å². The van der Waals surface area contributed by atoms with Crippen LogP contribution >= 0.6 is 22.9 Å². The normalized spacial score (nSPS) is 12.4. The van der Waals surface area contributed by atoms with E-state index in [1.54, 1.807) is 0 Å². The van der Waals surface area contributed by atoms with Gasteiger partial charge in [-0.2, -0.15) is 0 Å². The fourth-order valence-corrected chi connectivity index (χ4v) is 1.51. The summed E-state index contributed by atoms with van der Waals surface area (Å²) < 4.78 is 2.22. The molecule has 0 saturated carbocycles. The summed E-state index contributed by atoms with van der Waals surface area (Å²) in [6.45, 7) is 6.87. The second kappa shape index (κ2) is 9.58. The zero-order valence-corrected chi connectivity index (χ0v) is 13.6. The van der Waals surface area contributed by atoms with E-state index in [0.717, 1.165) is 39.3 Å². The topological polar surface area (TPSA) is 13.0 Å². The molecular formula is C11H27IN4. The molecule has 0 aliphatic rings. The number of hydrogen-bond acceptors (Lipinski definition) is 4. The van der Waals surface area contributed by atoms with Crippen LogP contribution < -0.4 is 0 Å². The van der Waals surface area contributed by atoms with Crippen molar-refractivity contribution in [1.29, 1.82) is 0 Å². The Bertz CT molecular complexity index is 134. The third kappa shape index (κ3) is 11.1. The monoisotopic (exact) mass is 342 g/mol. The number of likely N-dealkylation sites (N-methyl/N-ethyl adjacent to an activating group) is 3. The van der Waals surface area contributed by atoms with E-state index in [2.05, 4.69) is 75.9 Å². The van der Waals surface area contributed by atoms with Gasteiger partial charge in [0.05, 0.1) is 0 Å². The maximum absolute atomic E-state index is 2.54. The summed E-state index contributed by atoms with van der Waals surface area (Å²) >= 11 is 2.35. The van der Waals surface area contributed by atoms with Crippen LogP contribution in [0, 0.1) is 0 Å².